The lowest BCUT2D eigenvalue weighted by molar-refractivity contribution is -0.661. The average molecular weight is 363 g/mol. The maximum absolute atomic E-state index is 11.9. The number of thiazole rings is 1. The van der Waals surface area contributed by atoms with Crippen molar-refractivity contribution >= 4 is 34.0 Å². The lowest BCUT2D eigenvalue weighted by Gasteiger charge is -2.01. The summed E-state index contributed by atoms with van der Waals surface area (Å²) in [5.74, 6) is 0.763. The zero-order valence-electron chi connectivity index (χ0n) is 12.9. The number of hydrogen-bond donors (Lipinski definition) is 2. The first kappa shape index (κ1) is 16.7. The maximum Gasteiger partial charge on any atom is 0.281 e. The highest BCUT2D eigenvalue weighted by atomic mass is 35.5. The molecule has 0 fully saturated rings. The van der Waals surface area contributed by atoms with Gasteiger partial charge in [0.15, 0.2) is 17.4 Å². The van der Waals surface area contributed by atoms with Crippen LogP contribution in [0.1, 0.15) is 16.2 Å². The molecule has 0 saturated heterocycles. The second kappa shape index (κ2) is 8.10. The minimum atomic E-state index is -0.0831. The zero-order chi connectivity index (χ0) is 16.8. The molecule has 0 spiro atoms. The van der Waals surface area contributed by atoms with Crippen LogP contribution in [0.3, 0.4) is 0 Å². The van der Waals surface area contributed by atoms with Gasteiger partial charge in [-0.2, -0.15) is 0 Å². The molecule has 5 nitrogen and oxygen atoms in total. The van der Waals surface area contributed by atoms with Crippen molar-refractivity contribution in [2.75, 3.05) is 11.9 Å². The number of nitrogens with two attached hydrogens (primary N) is 1. The molecule has 0 aliphatic rings. The molecule has 24 heavy (non-hydrogen) atoms. The van der Waals surface area contributed by atoms with E-state index in [2.05, 4.69) is 10.3 Å². The molecule has 3 N–H and O–H groups in total. The fourth-order valence-electron chi connectivity index (χ4n) is 2.22. The molecular weight excluding hydrogens is 346 g/mol. The van der Waals surface area contributed by atoms with Gasteiger partial charge in [-0.15, -0.1) is 11.3 Å². The molecule has 0 saturated carbocycles. The van der Waals surface area contributed by atoms with Crippen LogP contribution in [0.4, 0.5) is 5.13 Å². The summed E-state index contributed by atoms with van der Waals surface area (Å²) in [6, 6.07) is 11.4. The van der Waals surface area contributed by atoms with Crippen LogP contribution < -0.4 is 10.6 Å². The number of benzene rings is 1. The van der Waals surface area contributed by atoms with Crippen LogP contribution >= 0.6 is 22.9 Å². The van der Waals surface area contributed by atoms with E-state index in [9.17, 15) is 4.79 Å². The van der Waals surface area contributed by atoms with Crippen LogP contribution in [0.15, 0.2) is 53.3 Å². The highest BCUT2D eigenvalue weighted by molar-refractivity contribution is 7.15. The molecule has 1 aromatic carbocycles. The smallest absolute Gasteiger partial charge is 0.281 e. The van der Waals surface area contributed by atoms with E-state index in [4.69, 9.17) is 16.0 Å². The van der Waals surface area contributed by atoms with Crippen LogP contribution in [0.5, 0.6) is 0 Å². The number of carbonyl (C=O) groups is 1. The van der Waals surface area contributed by atoms with Gasteiger partial charge < -0.3 is 9.73 Å². The molecule has 0 atom stereocenters. The predicted molar refractivity (Wildman–Crippen MR) is 94.2 cm³/mol. The molecule has 0 radical (unpaired) electrons. The van der Waals surface area contributed by atoms with Crippen molar-refractivity contribution in [3.63, 3.8) is 0 Å². The Morgan fingerprint density at radius 3 is 2.96 bits per heavy atom. The van der Waals surface area contributed by atoms with Gasteiger partial charge in [0, 0.05) is 22.5 Å². The Kier molecular flexibility index (Phi) is 5.63. The van der Waals surface area contributed by atoms with E-state index in [1.54, 1.807) is 12.5 Å². The molecule has 1 amide bonds. The lowest BCUT2D eigenvalue weighted by Crippen LogP contribution is -2.84. The second-order valence-corrected chi connectivity index (χ2v) is 6.75. The largest absolute Gasteiger partial charge is 0.463 e. The number of aromatic nitrogens is 1. The third-order valence-corrected chi connectivity index (χ3v) is 4.66. The van der Waals surface area contributed by atoms with Gasteiger partial charge in [-0.05, 0) is 23.8 Å². The Labute approximate surface area is 148 Å². The van der Waals surface area contributed by atoms with Crippen LogP contribution in [0, 0.1) is 0 Å². The Hall–Kier alpha value is -2.15. The van der Waals surface area contributed by atoms with Gasteiger partial charge in [-0.25, -0.2) is 4.98 Å². The minimum Gasteiger partial charge on any atom is -0.463 e. The van der Waals surface area contributed by atoms with Crippen molar-refractivity contribution in [3.05, 3.63) is 70.1 Å². The van der Waals surface area contributed by atoms with E-state index in [0.29, 0.717) is 24.6 Å². The monoisotopic (exact) mass is 362 g/mol. The lowest BCUT2D eigenvalue weighted by atomic mass is 10.1. The molecule has 2 heterocycles. The number of furan rings is 1. The van der Waals surface area contributed by atoms with Crippen molar-refractivity contribution in [1.29, 1.82) is 0 Å². The molecule has 7 heteroatoms. The fourth-order valence-corrected chi connectivity index (χ4v) is 3.28. The highest BCUT2D eigenvalue weighted by Crippen LogP contribution is 2.24. The van der Waals surface area contributed by atoms with Gasteiger partial charge in [0.05, 0.1) is 6.26 Å². The number of carbonyl (C=O) groups excluding carboxylic acids is 1. The summed E-state index contributed by atoms with van der Waals surface area (Å²) >= 11 is 7.63. The SMILES string of the molecule is O=C(C[NH2+]Cc1ccco1)Nc1ncc(Cc2ccccc2Cl)s1. The Balaban J connectivity index is 1.48. The van der Waals surface area contributed by atoms with E-state index < -0.39 is 0 Å². The molecule has 124 valence electrons. The van der Waals surface area contributed by atoms with Crippen LogP contribution in [-0.4, -0.2) is 17.4 Å². The van der Waals surface area contributed by atoms with Crippen molar-refractivity contribution in [2.24, 2.45) is 0 Å². The summed E-state index contributed by atoms with van der Waals surface area (Å²) in [7, 11) is 0. The van der Waals surface area contributed by atoms with Crippen LogP contribution in [0.25, 0.3) is 0 Å². The van der Waals surface area contributed by atoms with Gasteiger partial charge in [-0.3, -0.25) is 10.1 Å². The van der Waals surface area contributed by atoms with Crippen LogP contribution in [-0.2, 0) is 17.8 Å². The van der Waals surface area contributed by atoms with Gasteiger partial charge in [0.25, 0.3) is 5.91 Å². The number of halogens is 1. The zero-order valence-corrected chi connectivity index (χ0v) is 14.4. The Bertz CT molecular complexity index is 802. The highest BCUT2D eigenvalue weighted by Gasteiger charge is 2.10. The average Bonchev–Trinajstić information content (AvgIpc) is 3.22. The number of amides is 1. The molecule has 0 bridgehead atoms. The van der Waals surface area contributed by atoms with Crippen molar-refractivity contribution < 1.29 is 14.5 Å². The third kappa shape index (κ3) is 4.67. The molecular formula is C17H17ClN3O2S+. The molecule has 0 aliphatic heterocycles. The third-order valence-electron chi connectivity index (χ3n) is 3.38. The minimum absolute atomic E-state index is 0.0831. The number of quaternary nitrogens is 1. The normalized spacial score (nSPS) is 10.7. The molecule has 0 unspecified atom stereocenters. The molecule has 3 aromatic rings. The number of rotatable bonds is 7. The van der Waals surface area contributed by atoms with Gasteiger partial charge in [-0.1, -0.05) is 29.8 Å². The first-order valence-corrected chi connectivity index (χ1v) is 8.72. The van der Waals surface area contributed by atoms with Gasteiger partial charge in [0.1, 0.15) is 6.54 Å². The van der Waals surface area contributed by atoms with Crippen molar-refractivity contribution in [3.8, 4) is 0 Å². The van der Waals surface area contributed by atoms with Crippen molar-refractivity contribution in [2.45, 2.75) is 13.0 Å². The number of nitrogens with one attached hydrogen (secondary N) is 1. The quantitative estimate of drug-likeness (QED) is 0.678. The predicted octanol–water partition coefficient (Wildman–Crippen LogP) is 2.68. The maximum atomic E-state index is 11.9. The summed E-state index contributed by atoms with van der Waals surface area (Å²) in [6.07, 6.45) is 4.10. The van der Waals surface area contributed by atoms with Crippen LogP contribution in [0.2, 0.25) is 5.02 Å². The standard InChI is InChI=1S/C17H16ClN3O2S/c18-15-6-2-1-4-12(15)8-14-10-20-17(24-14)21-16(22)11-19-9-13-5-3-7-23-13/h1-7,10,19H,8-9,11H2,(H,20,21,22)/p+1. The van der Waals surface area contributed by atoms with E-state index in [1.165, 1.54) is 11.3 Å². The van der Waals surface area contributed by atoms with E-state index in [0.717, 1.165) is 21.2 Å². The van der Waals surface area contributed by atoms with E-state index in [1.807, 2.05) is 41.7 Å². The topological polar surface area (TPSA) is 71.7 Å². The Morgan fingerprint density at radius 1 is 1.29 bits per heavy atom. The Morgan fingerprint density at radius 2 is 2.17 bits per heavy atom. The summed E-state index contributed by atoms with van der Waals surface area (Å²) in [6.45, 7) is 0.955. The van der Waals surface area contributed by atoms with E-state index >= 15 is 0 Å². The van der Waals surface area contributed by atoms with Gasteiger partial charge >= 0.3 is 0 Å². The molecule has 0 aliphatic carbocycles. The summed E-state index contributed by atoms with van der Waals surface area (Å²) in [5.41, 5.74) is 1.05. The summed E-state index contributed by atoms with van der Waals surface area (Å²) in [4.78, 5) is 17.2. The molecule has 2 aromatic heterocycles. The number of hydrogen-bond acceptors (Lipinski definition) is 4. The molecule has 3 rings (SSSR count). The first-order valence-electron chi connectivity index (χ1n) is 7.53. The first-order chi connectivity index (χ1) is 11.7. The summed E-state index contributed by atoms with van der Waals surface area (Å²) in [5, 5.41) is 6.04. The van der Waals surface area contributed by atoms with E-state index in [-0.39, 0.29) is 5.91 Å². The second-order valence-electron chi connectivity index (χ2n) is 5.22. The van der Waals surface area contributed by atoms with Crippen molar-refractivity contribution in [1.82, 2.24) is 4.98 Å². The number of anilines is 1. The summed E-state index contributed by atoms with van der Waals surface area (Å²) < 4.78 is 5.22. The van der Waals surface area contributed by atoms with Gasteiger partial charge in [0.2, 0.25) is 0 Å². The fraction of sp³-hybridized carbons (Fsp3) is 0.176. The number of nitrogens with zero attached hydrogens (tertiary/aromatic N) is 1.